The molecule has 0 aliphatic carbocycles. The first-order valence-electron chi connectivity index (χ1n) is 7.49. The number of rotatable bonds is 7. The van der Waals surface area contributed by atoms with Gasteiger partial charge in [-0.15, -0.1) is 0 Å². The normalized spacial score (nSPS) is 11.5. The summed E-state index contributed by atoms with van der Waals surface area (Å²) in [5.74, 6) is 1.29. The highest BCUT2D eigenvalue weighted by molar-refractivity contribution is 5.93. The Balaban J connectivity index is 2.13. The number of carbonyl (C=O) groups is 1. The van der Waals surface area contributed by atoms with Crippen molar-refractivity contribution in [2.24, 2.45) is 5.73 Å². The van der Waals surface area contributed by atoms with Crippen molar-refractivity contribution in [3.05, 3.63) is 48.0 Å². The quantitative estimate of drug-likeness (QED) is 0.815. The second kappa shape index (κ2) is 8.21. The van der Waals surface area contributed by atoms with E-state index in [2.05, 4.69) is 5.32 Å². The molecular formula is C18H22N2O4. The molecule has 0 aromatic heterocycles. The minimum absolute atomic E-state index is 0.154. The molecule has 0 heterocycles. The lowest BCUT2D eigenvalue weighted by atomic mass is 10.0. The van der Waals surface area contributed by atoms with Gasteiger partial charge in [-0.25, -0.2) is 0 Å². The van der Waals surface area contributed by atoms with Crippen molar-refractivity contribution >= 4 is 11.6 Å². The first-order chi connectivity index (χ1) is 11.6. The number of nitrogens with two attached hydrogens (primary N) is 1. The lowest BCUT2D eigenvalue weighted by molar-refractivity contribution is -0.116. The molecule has 2 aromatic rings. The fraction of sp³-hybridized carbons (Fsp3) is 0.278. The van der Waals surface area contributed by atoms with Gasteiger partial charge in [-0.2, -0.15) is 0 Å². The number of hydrogen-bond donors (Lipinski definition) is 2. The van der Waals surface area contributed by atoms with Gasteiger partial charge in [0, 0.05) is 24.6 Å². The van der Waals surface area contributed by atoms with E-state index in [1.54, 1.807) is 12.1 Å². The Morgan fingerprint density at radius 2 is 1.58 bits per heavy atom. The standard InChI is InChI=1S/C18H22N2O4/c1-22-15-11-17(24-3)16(23-2)10-14(15)20-18(21)9-13(19)12-7-5-4-6-8-12/h4-8,10-11,13H,9,19H2,1-3H3,(H,20,21). The molecule has 24 heavy (non-hydrogen) atoms. The van der Waals surface area contributed by atoms with Gasteiger partial charge in [0.25, 0.3) is 0 Å². The zero-order valence-electron chi connectivity index (χ0n) is 14.0. The summed E-state index contributed by atoms with van der Waals surface area (Å²) in [6.45, 7) is 0. The molecule has 3 N–H and O–H groups in total. The number of nitrogens with one attached hydrogen (secondary N) is 1. The summed E-state index contributed by atoms with van der Waals surface area (Å²) in [7, 11) is 4.59. The molecule has 2 aromatic carbocycles. The third kappa shape index (κ3) is 4.17. The maximum absolute atomic E-state index is 12.3. The molecule has 0 aliphatic heterocycles. The van der Waals surface area contributed by atoms with Crippen molar-refractivity contribution in [1.82, 2.24) is 0 Å². The van der Waals surface area contributed by atoms with Crippen LogP contribution in [0.4, 0.5) is 5.69 Å². The van der Waals surface area contributed by atoms with E-state index in [0.717, 1.165) is 5.56 Å². The Bertz CT molecular complexity index is 689. The third-order valence-electron chi connectivity index (χ3n) is 3.61. The predicted molar refractivity (Wildman–Crippen MR) is 92.7 cm³/mol. The van der Waals surface area contributed by atoms with E-state index in [0.29, 0.717) is 22.9 Å². The number of benzene rings is 2. The van der Waals surface area contributed by atoms with Crippen LogP contribution in [0.25, 0.3) is 0 Å². The maximum Gasteiger partial charge on any atom is 0.226 e. The average Bonchev–Trinajstić information content (AvgIpc) is 2.61. The van der Waals surface area contributed by atoms with Gasteiger partial charge in [-0.1, -0.05) is 30.3 Å². The summed E-state index contributed by atoms with van der Waals surface area (Å²) < 4.78 is 15.8. The molecule has 0 radical (unpaired) electrons. The van der Waals surface area contributed by atoms with Gasteiger partial charge in [0.05, 0.1) is 27.0 Å². The van der Waals surface area contributed by atoms with Gasteiger partial charge in [0.1, 0.15) is 5.75 Å². The highest BCUT2D eigenvalue weighted by atomic mass is 16.5. The van der Waals surface area contributed by atoms with Crippen LogP contribution >= 0.6 is 0 Å². The van der Waals surface area contributed by atoms with Crippen molar-refractivity contribution in [2.45, 2.75) is 12.5 Å². The number of hydrogen-bond acceptors (Lipinski definition) is 5. The van der Waals surface area contributed by atoms with Crippen LogP contribution in [-0.2, 0) is 4.79 Å². The van der Waals surface area contributed by atoms with Crippen LogP contribution in [0, 0.1) is 0 Å². The Hall–Kier alpha value is -2.73. The van der Waals surface area contributed by atoms with E-state index in [4.69, 9.17) is 19.9 Å². The van der Waals surface area contributed by atoms with E-state index in [9.17, 15) is 4.79 Å². The summed E-state index contributed by atoms with van der Waals surface area (Å²) in [4.78, 5) is 12.3. The molecule has 2 rings (SSSR count). The number of methoxy groups -OCH3 is 3. The number of anilines is 1. The van der Waals surface area contributed by atoms with Crippen LogP contribution in [0.2, 0.25) is 0 Å². The lowest BCUT2D eigenvalue weighted by Crippen LogP contribution is -2.20. The van der Waals surface area contributed by atoms with E-state index in [1.165, 1.54) is 21.3 Å². The molecule has 1 atom stereocenters. The molecule has 1 unspecified atom stereocenters. The molecule has 6 nitrogen and oxygen atoms in total. The molecular weight excluding hydrogens is 308 g/mol. The van der Waals surface area contributed by atoms with Crippen LogP contribution < -0.4 is 25.3 Å². The largest absolute Gasteiger partial charge is 0.494 e. The topological polar surface area (TPSA) is 82.8 Å². The van der Waals surface area contributed by atoms with Crippen molar-refractivity contribution in [3.8, 4) is 17.2 Å². The number of carbonyl (C=O) groups excluding carboxylic acids is 1. The minimum atomic E-state index is -0.377. The highest BCUT2D eigenvalue weighted by Gasteiger charge is 2.16. The third-order valence-corrected chi connectivity index (χ3v) is 3.61. The molecule has 128 valence electrons. The van der Waals surface area contributed by atoms with Gasteiger partial charge >= 0.3 is 0 Å². The Labute approximate surface area is 141 Å². The van der Waals surface area contributed by atoms with Crippen LogP contribution in [0.3, 0.4) is 0 Å². The summed E-state index contributed by atoms with van der Waals surface area (Å²) in [5, 5.41) is 2.81. The fourth-order valence-corrected chi connectivity index (χ4v) is 2.35. The zero-order chi connectivity index (χ0) is 17.5. The Morgan fingerprint density at radius 3 is 2.17 bits per heavy atom. The smallest absolute Gasteiger partial charge is 0.226 e. The van der Waals surface area contributed by atoms with E-state index < -0.39 is 0 Å². The van der Waals surface area contributed by atoms with E-state index >= 15 is 0 Å². The fourth-order valence-electron chi connectivity index (χ4n) is 2.35. The molecule has 0 bridgehead atoms. The average molecular weight is 330 g/mol. The second-order valence-corrected chi connectivity index (χ2v) is 5.18. The van der Waals surface area contributed by atoms with Gasteiger partial charge in [-0.05, 0) is 5.56 Å². The van der Waals surface area contributed by atoms with Crippen LogP contribution in [0.5, 0.6) is 17.2 Å². The Morgan fingerprint density at radius 1 is 1.00 bits per heavy atom. The van der Waals surface area contributed by atoms with Crippen LogP contribution in [-0.4, -0.2) is 27.2 Å². The lowest BCUT2D eigenvalue weighted by Gasteiger charge is -2.16. The number of ether oxygens (including phenoxy) is 3. The SMILES string of the molecule is COc1cc(OC)c(OC)cc1NC(=O)CC(N)c1ccccc1. The molecule has 0 aliphatic rings. The van der Waals surface area contributed by atoms with E-state index in [1.807, 2.05) is 30.3 Å². The van der Waals surface area contributed by atoms with Crippen LogP contribution in [0.1, 0.15) is 18.0 Å². The minimum Gasteiger partial charge on any atom is -0.494 e. The second-order valence-electron chi connectivity index (χ2n) is 5.18. The van der Waals surface area contributed by atoms with Crippen molar-refractivity contribution in [2.75, 3.05) is 26.6 Å². The van der Waals surface area contributed by atoms with Gasteiger partial charge < -0.3 is 25.3 Å². The Kier molecular flexibility index (Phi) is 6.03. The summed E-state index contributed by atoms with van der Waals surface area (Å²) in [5.41, 5.74) is 7.49. The monoisotopic (exact) mass is 330 g/mol. The van der Waals surface area contributed by atoms with Gasteiger partial charge in [-0.3, -0.25) is 4.79 Å². The zero-order valence-corrected chi connectivity index (χ0v) is 14.0. The molecule has 1 amide bonds. The summed E-state index contributed by atoms with van der Waals surface area (Å²) in [6.07, 6.45) is 0.154. The highest BCUT2D eigenvalue weighted by Crippen LogP contribution is 2.37. The van der Waals surface area contributed by atoms with Gasteiger partial charge in [0.15, 0.2) is 11.5 Å². The van der Waals surface area contributed by atoms with Crippen molar-refractivity contribution in [3.63, 3.8) is 0 Å². The molecule has 0 spiro atoms. The molecule has 0 fully saturated rings. The predicted octanol–water partition coefficient (Wildman–Crippen LogP) is 2.74. The summed E-state index contributed by atoms with van der Waals surface area (Å²) >= 11 is 0. The molecule has 0 saturated carbocycles. The molecule has 6 heteroatoms. The van der Waals surface area contributed by atoms with Crippen molar-refractivity contribution < 1.29 is 19.0 Å². The van der Waals surface area contributed by atoms with Gasteiger partial charge in [0.2, 0.25) is 5.91 Å². The number of amides is 1. The molecule has 0 saturated heterocycles. The summed E-state index contributed by atoms with van der Waals surface area (Å²) in [6, 6.07) is 12.4. The van der Waals surface area contributed by atoms with Crippen LogP contribution in [0.15, 0.2) is 42.5 Å². The first-order valence-corrected chi connectivity index (χ1v) is 7.49. The first kappa shape index (κ1) is 17.6. The maximum atomic E-state index is 12.3. The van der Waals surface area contributed by atoms with Crippen molar-refractivity contribution in [1.29, 1.82) is 0 Å². The van der Waals surface area contributed by atoms with E-state index in [-0.39, 0.29) is 18.4 Å².